The molecule has 2 aromatic carbocycles. The maximum Gasteiger partial charge on any atom is 0.0393 e. The third-order valence-corrected chi connectivity index (χ3v) is 3.02. The monoisotopic (exact) mass is 225 g/mol. The standard InChI is InChI=1S/C16H19N/c1-16(2,3)13-10-8-12(9-11-13)14-6-4-5-7-15(14)17/h4-11H,17H2,1-3H3. The molecule has 17 heavy (non-hydrogen) atoms. The van der Waals surface area contributed by atoms with Gasteiger partial charge in [0.25, 0.3) is 0 Å². The molecule has 0 amide bonds. The molecule has 0 aliphatic rings. The summed E-state index contributed by atoms with van der Waals surface area (Å²) in [5.41, 5.74) is 10.6. The van der Waals surface area contributed by atoms with Crippen molar-refractivity contribution in [3.63, 3.8) is 0 Å². The minimum atomic E-state index is 0.195. The summed E-state index contributed by atoms with van der Waals surface area (Å²) in [7, 11) is 0. The van der Waals surface area contributed by atoms with Crippen molar-refractivity contribution in [3.05, 3.63) is 54.1 Å². The molecule has 0 aromatic heterocycles. The molecule has 0 aliphatic carbocycles. The number of rotatable bonds is 1. The van der Waals surface area contributed by atoms with Crippen LogP contribution >= 0.6 is 0 Å². The fraction of sp³-hybridized carbons (Fsp3) is 0.250. The van der Waals surface area contributed by atoms with Crippen molar-refractivity contribution in [3.8, 4) is 11.1 Å². The van der Waals surface area contributed by atoms with Crippen molar-refractivity contribution in [2.75, 3.05) is 5.73 Å². The summed E-state index contributed by atoms with van der Waals surface area (Å²) in [6, 6.07) is 16.6. The molecule has 2 rings (SSSR count). The van der Waals surface area contributed by atoms with E-state index in [2.05, 4.69) is 51.1 Å². The number of benzene rings is 2. The predicted molar refractivity (Wildman–Crippen MR) is 75.0 cm³/mol. The van der Waals surface area contributed by atoms with Crippen LogP contribution in [-0.2, 0) is 5.41 Å². The molecule has 2 N–H and O–H groups in total. The van der Waals surface area contributed by atoms with Crippen LogP contribution in [0.4, 0.5) is 5.69 Å². The van der Waals surface area contributed by atoms with Crippen molar-refractivity contribution in [2.45, 2.75) is 26.2 Å². The fourth-order valence-corrected chi connectivity index (χ4v) is 1.91. The van der Waals surface area contributed by atoms with Gasteiger partial charge in [0.1, 0.15) is 0 Å². The van der Waals surface area contributed by atoms with E-state index in [0.717, 1.165) is 11.3 Å². The van der Waals surface area contributed by atoms with E-state index in [1.807, 2.05) is 18.2 Å². The topological polar surface area (TPSA) is 26.0 Å². The lowest BCUT2D eigenvalue weighted by Gasteiger charge is -2.19. The molecule has 0 spiro atoms. The minimum Gasteiger partial charge on any atom is -0.398 e. The van der Waals surface area contributed by atoms with Gasteiger partial charge < -0.3 is 5.73 Å². The van der Waals surface area contributed by atoms with Gasteiger partial charge in [-0.2, -0.15) is 0 Å². The first-order valence-corrected chi connectivity index (χ1v) is 5.94. The predicted octanol–water partition coefficient (Wildman–Crippen LogP) is 4.23. The largest absolute Gasteiger partial charge is 0.398 e. The molecule has 88 valence electrons. The van der Waals surface area contributed by atoms with Crippen LogP contribution < -0.4 is 5.73 Å². The molecule has 2 aromatic rings. The van der Waals surface area contributed by atoms with Gasteiger partial charge in [-0.1, -0.05) is 63.2 Å². The van der Waals surface area contributed by atoms with Crippen molar-refractivity contribution in [1.82, 2.24) is 0 Å². The molecule has 0 atom stereocenters. The Bertz CT molecular complexity index is 504. The summed E-state index contributed by atoms with van der Waals surface area (Å²) in [5.74, 6) is 0. The second-order valence-electron chi connectivity index (χ2n) is 5.41. The molecule has 1 heteroatoms. The number of hydrogen-bond donors (Lipinski definition) is 1. The van der Waals surface area contributed by atoms with Crippen LogP contribution in [0.5, 0.6) is 0 Å². The average Bonchev–Trinajstić information content (AvgIpc) is 2.29. The third kappa shape index (κ3) is 2.50. The SMILES string of the molecule is CC(C)(C)c1ccc(-c2ccccc2N)cc1. The van der Waals surface area contributed by atoms with Crippen molar-refractivity contribution >= 4 is 5.69 Å². The van der Waals surface area contributed by atoms with Gasteiger partial charge in [-0.05, 0) is 22.6 Å². The van der Waals surface area contributed by atoms with Gasteiger partial charge in [-0.3, -0.25) is 0 Å². The van der Waals surface area contributed by atoms with Crippen molar-refractivity contribution in [1.29, 1.82) is 0 Å². The van der Waals surface area contributed by atoms with E-state index in [9.17, 15) is 0 Å². The number of nitrogens with two attached hydrogens (primary N) is 1. The molecule has 0 saturated heterocycles. The highest BCUT2D eigenvalue weighted by Crippen LogP contribution is 2.28. The number of nitrogen functional groups attached to an aromatic ring is 1. The van der Waals surface area contributed by atoms with Gasteiger partial charge in [-0.15, -0.1) is 0 Å². The Morgan fingerprint density at radius 2 is 1.41 bits per heavy atom. The second-order valence-corrected chi connectivity index (χ2v) is 5.41. The van der Waals surface area contributed by atoms with E-state index in [1.165, 1.54) is 11.1 Å². The lowest BCUT2D eigenvalue weighted by molar-refractivity contribution is 0.590. The van der Waals surface area contributed by atoms with Crippen LogP contribution in [0.2, 0.25) is 0 Å². The molecule has 0 fully saturated rings. The summed E-state index contributed by atoms with van der Waals surface area (Å²) in [4.78, 5) is 0. The summed E-state index contributed by atoms with van der Waals surface area (Å²) in [5, 5.41) is 0. The van der Waals surface area contributed by atoms with E-state index in [-0.39, 0.29) is 5.41 Å². The minimum absolute atomic E-state index is 0.195. The lowest BCUT2D eigenvalue weighted by atomic mass is 9.86. The zero-order valence-corrected chi connectivity index (χ0v) is 10.7. The van der Waals surface area contributed by atoms with E-state index in [4.69, 9.17) is 5.73 Å². The van der Waals surface area contributed by atoms with Crippen molar-refractivity contribution < 1.29 is 0 Å². The van der Waals surface area contributed by atoms with Gasteiger partial charge in [-0.25, -0.2) is 0 Å². The Labute approximate surface area is 103 Å². The third-order valence-electron chi connectivity index (χ3n) is 3.02. The Hall–Kier alpha value is -1.76. The first kappa shape index (κ1) is 11.7. The quantitative estimate of drug-likeness (QED) is 0.722. The molecular formula is C16H19N. The van der Waals surface area contributed by atoms with Gasteiger partial charge in [0, 0.05) is 11.3 Å². The first-order valence-electron chi connectivity index (χ1n) is 5.94. The normalized spacial score (nSPS) is 11.5. The van der Waals surface area contributed by atoms with E-state index in [0.29, 0.717) is 0 Å². The first-order chi connectivity index (χ1) is 7.98. The molecular weight excluding hydrogens is 206 g/mol. The molecule has 0 saturated carbocycles. The van der Waals surface area contributed by atoms with Gasteiger partial charge in [0.15, 0.2) is 0 Å². The highest BCUT2D eigenvalue weighted by atomic mass is 14.6. The van der Waals surface area contributed by atoms with Crippen LogP contribution in [-0.4, -0.2) is 0 Å². The molecule has 0 aliphatic heterocycles. The van der Waals surface area contributed by atoms with Gasteiger partial charge in [0.05, 0.1) is 0 Å². The molecule has 0 bridgehead atoms. The highest BCUT2D eigenvalue weighted by Gasteiger charge is 2.13. The fourth-order valence-electron chi connectivity index (χ4n) is 1.91. The van der Waals surface area contributed by atoms with Crippen LogP contribution in [0.25, 0.3) is 11.1 Å². The summed E-state index contributed by atoms with van der Waals surface area (Å²) in [6.45, 7) is 6.66. The molecule has 0 heterocycles. The Balaban J connectivity index is 2.40. The maximum absolute atomic E-state index is 5.98. The molecule has 0 unspecified atom stereocenters. The van der Waals surface area contributed by atoms with Gasteiger partial charge >= 0.3 is 0 Å². The number of anilines is 1. The molecule has 1 nitrogen and oxygen atoms in total. The number of hydrogen-bond acceptors (Lipinski definition) is 1. The van der Waals surface area contributed by atoms with Crippen molar-refractivity contribution in [2.24, 2.45) is 0 Å². The van der Waals surface area contributed by atoms with Crippen LogP contribution in [0.1, 0.15) is 26.3 Å². The number of para-hydroxylation sites is 1. The van der Waals surface area contributed by atoms with Crippen LogP contribution in [0.15, 0.2) is 48.5 Å². The second kappa shape index (κ2) is 4.25. The highest BCUT2D eigenvalue weighted by molar-refractivity contribution is 5.76. The van der Waals surface area contributed by atoms with E-state index < -0.39 is 0 Å². The van der Waals surface area contributed by atoms with E-state index in [1.54, 1.807) is 0 Å². The maximum atomic E-state index is 5.98. The van der Waals surface area contributed by atoms with E-state index >= 15 is 0 Å². The van der Waals surface area contributed by atoms with Crippen LogP contribution in [0.3, 0.4) is 0 Å². The zero-order chi connectivity index (χ0) is 12.5. The smallest absolute Gasteiger partial charge is 0.0393 e. The summed E-state index contributed by atoms with van der Waals surface area (Å²) < 4.78 is 0. The van der Waals surface area contributed by atoms with Crippen LogP contribution in [0, 0.1) is 0 Å². The Morgan fingerprint density at radius 1 is 0.824 bits per heavy atom. The van der Waals surface area contributed by atoms with Gasteiger partial charge in [0.2, 0.25) is 0 Å². The lowest BCUT2D eigenvalue weighted by Crippen LogP contribution is -2.10. The Morgan fingerprint density at radius 3 is 1.94 bits per heavy atom. The molecule has 0 radical (unpaired) electrons. The zero-order valence-electron chi connectivity index (χ0n) is 10.7. The Kier molecular flexibility index (Phi) is 2.93. The summed E-state index contributed by atoms with van der Waals surface area (Å²) >= 11 is 0. The summed E-state index contributed by atoms with van der Waals surface area (Å²) in [6.07, 6.45) is 0. The average molecular weight is 225 g/mol.